The third kappa shape index (κ3) is 2.86. The van der Waals surface area contributed by atoms with Crippen molar-refractivity contribution in [1.82, 2.24) is 0 Å². The van der Waals surface area contributed by atoms with Crippen LogP contribution in [0.25, 0.3) is 0 Å². The number of hydrogen-bond acceptors (Lipinski definition) is 5. The van der Waals surface area contributed by atoms with Crippen LogP contribution in [-0.4, -0.2) is 17.1 Å². The van der Waals surface area contributed by atoms with Crippen LogP contribution in [0.4, 0.5) is 5.69 Å². The molecule has 0 saturated heterocycles. The van der Waals surface area contributed by atoms with E-state index in [4.69, 9.17) is 9.47 Å². The number of aliphatic hydroxyl groups excluding tert-OH is 1. The highest BCUT2D eigenvalue weighted by Crippen LogP contribution is 2.35. The van der Waals surface area contributed by atoms with Gasteiger partial charge in [-0.25, -0.2) is 0 Å². The van der Waals surface area contributed by atoms with Crippen LogP contribution in [0.15, 0.2) is 42.5 Å². The molecule has 6 heteroatoms. The minimum atomic E-state index is -0.506. The van der Waals surface area contributed by atoms with Gasteiger partial charge in [0, 0.05) is 11.6 Å². The molecule has 2 aromatic carbocycles. The average molecular weight is 275 g/mol. The van der Waals surface area contributed by atoms with Crippen LogP contribution in [-0.2, 0) is 6.61 Å². The molecule has 0 radical (unpaired) electrons. The maximum absolute atomic E-state index is 10.7. The second-order valence-corrected chi connectivity index (χ2v) is 3.96. The monoisotopic (exact) mass is 275 g/mol. The van der Waals surface area contributed by atoms with Crippen molar-refractivity contribution in [2.75, 3.05) is 7.11 Å². The molecular formula is C14H13NO5. The second-order valence-electron chi connectivity index (χ2n) is 3.96. The Hall–Kier alpha value is -2.60. The van der Waals surface area contributed by atoms with Gasteiger partial charge in [0.2, 0.25) is 0 Å². The van der Waals surface area contributed by atoms with E-state index in [1.54, 1.807) is 24.3 Å². The third-order valence-corrected chi connectivity index (χ3v) is 2.72. The van der Waals surface area contributed by atoms with E-state index < -0.39 is 4.92 Å². The largest absolute Gasteiger partial charge is 0.493 e. The molecule has 0 heterocycles. The number of methoxy groups -OCH3 is 1. The predicted molar refractivity (Wildman–Crippen MR) is 72.1 cm³/mol. The summed E-state index contributed by atoms with van der Waals surface area (Å²) in [5, 5.41) is 20.0. The Morgan fingerprint density at radius 1 is 1.15 bits per heavy atom. The van der Waals surface area contributed by atoms with Crippen molar-refractivity contribution in [3.8, 4) is 17.2 Å². The Kier molecular flexibility index (Phi) is 4.17. The lowest BCUT2D eigenvalue weighted by molar-refractivity contribution is -0.384. The highest BCUT2D eigenvalue weighted by Gasteiger charge is 2.14. The average Bonchev–Trinajstić information content (AvgIpc) is 2.48. The van der Waals surface area contributed by atoms with Crippen LogP contribution < -0.4 is 9.47 Å². The third-order valence-electron chi connectivity index (χ3n) is 2.72. The first-order valence-corrected chi connectivity index (χ1v) is 5.84. The number of nitrogens with zero attached hydrogens (tertiary/aromatic N) is 1. The Bertz CT molecular complexity index is 627. The van der Waals surface area contributed by atoms with Crippen molar-refractivity contribution in [2.45, 2.75) is 6.61 Å². The van der Waals surface area contributed by atoms with Crippen molar-refractivity contribution in [1.29, 1.82) is 0 Å². The summed E-state index contributed by atoms with van der Waals surface area (Å²) in [6.45, 7) is -0.161. The summed E-state index contributed by atoms with van der Waals surface area (Å²) in [4.78, 5) is 10.2. The summed E-state index contributed by atoms with van der Waals surface area (Å²) in [6, 6.07) is 11.1. The zero-order chi connectivity index (χ0) is 14.5. The minimum absolute atomic E-state index is 0.0790. The molecule has 0 unspecified atom stereocenters. The lowest BCUT2D eigenvalue weighted by atomic mass is 10.2. The van der Waals surface area contributed by atoms with Gasteiger partial charge in [-0.2, -0.15) is 0 Å². The van der Waals surface area contributed by atoms with Crippen molar-refractivity contribution >= 4 is 5.69 Å². The summed E-state index contributed by atoms with van der Waals surface area (Å²) < 4.78 is 10.7. The van der Waals surface area contributed by atoms with Crippen molar-refractivity contribution in [3.63, 3.8) is 0 Å². The van der Waals surface area contributed by atoms with E-state index in [1.807, 2.05) is 0 Å². The summed E-state index contributed by atoms with van der Waals surface area (Å²) >= 11 is 0. The van der Waals surface area contributed by atoms with E-state index in [9.17, 15) is 15.2 Å². The molecule has 0 aliphatic heterocycles. The van der Waals surface area contributed by atoms with E-state index in [-0.39, 0.29) is 18.0 Å². The van der Waals surface area contributed by atoms with E-state index in [0.29, 0.717) is 17.1 Å². The SMILES string of the molecule is COc1cc([N+](=O)[O-])ccc1Oc1ccccc1CO. The molecule has 0 atom stereocenters. The molecule has 0 aliphatic rings. The fraction of sp³-hybridized carbons (Fsp3) is 0.143. The van der Waals surface area contributed by atoms with Crippen LogP contribution in [0.2, 0.25) is 0 Å². The number of para-hydroxylation sites is 1. The minimum Gasteiger partial charge on any atom is -0.493 e. The molecule has 104 valence electrons. The van der Waals surface area contributed by atoms with Gasteiger partial charge in [-0.05, 0) is 12.1 Å². The van der Waals surface area contributed by atoms with E-state index >= 15 is 0 Å². The van der Waals surface area contributed by atoms with Gasteiger partial charge < -0.3 is 14.6 Å². The highest BCUT2D eigenvalue weighted by atomic mass is 16.6. The molecule has 0 saturated carbocycles. The second kappa shape index (κ2) is 6.03. The zero-order valence-electron chi connectivity index (χ0n) is 10.8. The van der Waals surface area contributed by atoms with Gasteiger partial charge in [0.25, 0.3) is 5.69 Å². The molecule has 20 heavy (non-hydrogen) atoms. The van der Waals surface area contributed by atoms with Gasteiger partial charge in [0.15, 0.2) is 11.5 Å². The smallest absolute Gasteiger partial charge is 0.273 e. The van der Waals surface area contributed by atoms with Gasteiger partial charge >= 0.3 is 0 Å². The van der Waals surface area contributed by atoms with Crippen molar-refractivity contribution < 1.29 is 19.5 Å². The topological polar surface area (TPSA) is 81.8 Å². The Labute approximate surface area is 115 Å². The van der Waals surface area contributed by atoms with E-state index in [0.717, 1.165) is 0 Å². The number of nitro groups is 1. The molecule has 0 amide bonds. The molecular weight excluding hydrogens is 262 g/mol. The van der Waals surface area contributed by atoms with Gasteiger partial charge in [-0.15, -0.1) is 0 Å². The summed E-state index contributed by atoms with van der Waals surface area (Å²) in [7, 11) is 1.41. The molecule has 0 fully saturated rings. The van der Waals surface area contributed by atoms with E-state index in [2.05, 4.69) is 0 Å². The molecule has 2 rings (SSSR count). The summed E-state index contributed by atoms with van der Waals surface area (Å²) in [5.41, 5.74) is 0.539. The predicted octanol–water partition coefficient (Wildman–Crippen LogP) is 2.89. The number of ether oxygens (including phenoxy) is 2. The van der Waals surface area contributed by atoms with Crippen LogP contribution in [0.3, 0.4) is 0 Å². The molecule has 0 bridgehead atoms. The maximum atomic E-state index is 10.7. The number of aliphatic hydroxyl groups is 1. The quantitative estimate of drug-likeness (QED) is 0.670. The lowest BCUT2D eigenvalue weighted by Gasteiger charge is -2.12. The molecule has 6 nitrogen and oxygen atoms in total. The molecule has 0 aliphatic carbocycles. The Balaban J connectivity index is 2.36. The van der Waals surface area contributed by atoms with Crippen LogP contribution in [0, 0.1) is 10.1 Å². The van der Waals surface area contributed by atoms with Gasteiger partial charge in [0.05, 0.1) is 24.7 Å². The summed E-state index contributed by atoms with van der Waals surface area (Å²) in [6.07, 6.45) is 0. The Morgan fingerprint density at radius 3 is 2.55 bits per heavy atom. The summed E-state index contributed by atoms with van der Waals surface area (Å²) in [5.74, 6) is 1.08. The molecule has 0 aromatic heterocycles. The van der Waals surface area contributed by atoms with Gasteiger partial charge in [0.1, 0.15) is 5.75 Å². The van der Waals surface area contributed by atoms with E-state index in [1.165, 1.54) is 25.3 Å². The zero-order valence-corrected chi connectivity index (χ0v) is 10.8. The number of hydrogen-bond donors (Lipinski definition) is 1. The molecule has 0 spiro atoms. The fourth-order valence-corrected chi connectivity index (χ4v) is 1.71. The van der Waals surface area contributed by atoms with Crippen LogP contribution >= 0.6 is 0 Å². The first-order chi connectivity index (χ1) is 9.65. The Morgan fingerprint density at radius 2 is 1.90 bits per heavy atom. The van der Waals surface area contributed by atoms with Crippen molar-refractivity contribution in [2.24, 2.45) is 0 Å². The van der Waals surface area contributed by atoms with Gasteiger partial charge in [-0.3, -0.25) is 10.1 Å². The standard InChI is InChI=1S/C14H13NO5/c1-19-14-8-11(15(17)18)6-7-13(14)20-12-5-3-2-4-10(12)9-16/h2-8,16H,9H2,1H3. The molecule has 1 N–H and O–H groups in total. The number of non-ortho nitro benzene ring substituents is 1. The van der Waals surface area contributed by atoms with Crippen molar-refractivity contribution in [3.05, 3.63) is 58.1 Å². The number of nitro benzene ring substituents is 1. The highest BCUT2D eigenvalue weighted by molar-refractivity contribution is 5.50. The number of rotatable bonds is 5. The van der Waals surface area contributed by atoms with Crippen LogP contribution in [0.5, 0.6) is 17.2 Å². The fourth-order valence-electron chi connectivity index (χ4n) is 1.71. The van der Waals surface area contributed by atoms with Crippen LogP contribution in [0.1, 0.15) is 5.56 Å². The van der Waals surface area contributed by atoms with Gasteiger partial charge in [-0.1, -0.05) is 18.2 Å². The first-order valence-electron chi connectivity index (χ1n) is 5.84. The normalized spacial score (nSPS) is 10.1. The maximum Gasteiger partial charge on any atom is 0.273 e. The lowest BCUT2D eigenvalue weighted by Crippen LogP contribution is -1.95. The molecule has 2 aromatic rings. The number of benzene rings is 2. The first kappa shape index (κ1) is 13.8.